The van der Waals surface area contributed by atoms with Crippen LogP contribution in [-0.4, -0.2) is 9.97 Å². The number of halogens is 3. The summed E-state index contributed by atoms with van der Waals surface area (Å²) < 4.78 is 0. The van der Waals surface area contributed by atoms with Crippen molar-refractivity contribution in [3.63, 3.8) is 0 Å². The molecule has 0 spiro atoms. The summed E-state index contributed by atoms with van der Waals surface area (Å²) in [5.41, 5.74) is 6.42. The van der Waals surface area contributed by atoms with Crippen molar-refractivity contribution in [2.45, 2.75) is 13.0 Å². The zero-order chi connectivity index (χ0) is 14.0. The number of hydrogen-bond acceptors (Lipinski definition) is 4. The number of nitrogens with one attached hydrogen (secondary N) is 1. The minimum absolute atomic E-state index is 0.100. The van der Waals surface area contributed by atoms with E-state index < -0.39 is 0 Å². The Hall–Kier alpha value is -1.23. The van der Waals surface area contributed by atoms with Crippen LogP contribution in [-0.2, 0) is 0 Å². The molecular weight excluding hydrogens is 307 g/mol. The van der Waals surface area contributed by atoms with E-state index in [1.807, 2.05) is 13.0 Å². The molecule has 0 aliphatic heterocycles. The van der Waals surface area contributed by atoms with Crippen LogP contribution in [0.1, 0.15) is 18.5 Å². The highest BCUT2D eigenvalue weighted by Gasteiger charge is 2.13. The number of anilines is 2. The van der Waals surface area contributed by atoms with Crippen molar-refractivity contribution in [1.82, 2.24) is 9.97 Å². The van der Waals surface area contributed by atoms with Gasteiger partial charge in [-0.05, 0) is 24.6 Å². The zero-order valence-electron chi connectivity index (χ0n) is 9.99. The van der Waals surface area contributed by atoms with E-state index in [0.717, 1.165) is 5.56 Å². The standard InChI is InChI=1S/C12H11Cl3N4/c1-6(8-3-2-7(13)4-9(8)14)18-11-10(15)5-17-12(16)19-11/h2-6H,1H3,(H3,16,17,18,19). The Morgan fingerprint density at radius 1 is 1.21 bits per heavy atom. The number of rotatable bonds is 3. The molecule has 0 saturated heterocycles. The summed E-state index contributed by atoms with van der Waals surface area (Å²) in [6.45, 7) is 1.93. The third-order valence-electron chi connectivity index (χ3n) is 2.54. The molecule has 0 radical (unpaired) electrons. The first-order chi connectivity index (χ1) is 8.97. The summed E-state index contributed by atoms with van der Waals surface area (Å²) in [6.07, 6.45) is 1.45. The highest BCUT2D eigenvalue weighted by molar-refractivity contribution is 6.35. The topological polar surface area (TPSA) is 63.8 Å². The molecule has 100 valence electrons. The smallest absolute Gasteiger partial charge is 0.222 e. The molecule has 2 aromatic rings. The number of nitrogen functional groups attached to an aromatic ring is 1. The predicted molar refractivity (Wildman–Crippen MR) is 80.0 cm³/mol. The van der Waals surface area contributed by atoms with Gasteiger partial charge < -0.3 is 11.1 Å². The summed E-state index contributed by atoms with van der Waals surface area (Å²) in [5.74, 6) is 0.619. The SMILES string of the molecule is CC(Nc1nc(N)ncc1Cl)c1ccc(Cl)cc1Cl. The van der Waals surface area contributed by atoms with E-state index >= 15 is 0 Å². The van der Waals surface area contributed by atoms with E-state index in [9.17, 15) is 0 Å². The average Bonchev–Trinajstić information content (AvgIpc) is 2.33. The van der Waals surface area contributed by atoms with Crippen LogP contribution < -0.4 is 11.1 Å². The molecule has 1 heterocycles. The number of aromatic nitrogens is 2. The second kappa shape index (κ2) is 5.82. The van der Waals surface area contributed by atoms with Crippen LogP contribution >= 0.6 is 34.8 Å². The molecule has 0 fully saturated rings. The van der Waals surface area contributed by atoms with E-state index in [2.05, 4.69) is 15.3 Å². The van der Waals surface area contributed by atoms with E-state index in [-0.39, 0.29) is 12.0 Å². The summed E-state index contributed by atoms with van der Waals surface area (Å²) >= 11 is 18.0. The molecule has 7 heteroatoms. The van der Waals surface area contributed by atoms with Gasteiger partial charge >= 0.3 is 0 Å². The van der Waals surface area contributed by atoms with Crippen LogP contribution in [0.5, 0.6) is 0 Å². The second-order valence-electron chi connectivity index (χ2n) is 3.96. The third-order valence-corrected chi connectivity index (χ3v) is 3.38. The molecule has 19 heavy (non-hydrogen) atoms. The first kappa shape index (κ1) is 14.2. The number of nitrogens with zero attached hydrogens (tertiary/aromatic N) is 2. The van der Waals surface area contributed by atoms with Crippen LogP contribution in [0.15, 0.2) is 24.4 Å². The predicted octanol–water partition coefficient (Wildman–Crippen LogP) is 4.19. The fourth-order valence-corrected chi connectivity index (χ4v) is 2.34. The first-order valence-electron chi connectivity index (χ1n) is 5.47. The molecule has 0 amide bonds. The highest BCUT2D eigenvalue weighted by Crippen LogP contribution is 2.29. The van der Waals surface area contributed by atoms with Gasteiger partial charge in [0.2, 0.25) is 5.95 Å². The largest absolute Gasteiger partial charge is 0.368 e. The van der Waals surface area contributed by atoms with Gasteiger partial charge in [-0.1, -0.05) is 40.9 Å². The summed E-state index contributed by atoms with van der Waals surface area (Å²) in [5, 5.41) is 4.69. The van der Waals surface area contributed by atoms with Gasteiger partial charge in [0, 0.05) is 10.0 Å². The monoisotopic (exact) mass is 316 g/mol. The normalized spacial score (nSPS) is 12.2. The van der Waals surface area contributed by atoms with E-state index in [1.165, 1.54) is 6.20 Å². The van der Waals surface area contributed by atoms with Gasteiger partial charge in [0.25, 0.3) is 0 Å². The molecule has 3 N–H and O–H groups in total. The van der Waals surface area contributed by atoms with E-state index in [4.69, 9.17) is 40.5 Å². The van der Waals surface area contributed by atoms with Crippen LogP contribution in [0.3, 0.4) is 0 Å². The van der Waals surface area contributed by atoms with Crippen molar-refractivity contribution >= 4 is 46.6 Å². The summed E-state index contributed by atoms with van der Waals surface area (Å²) in [6, 6.07) is 5.21. The molecule has 0 aliphatic rings. The minimum Gasteiger partial charge on any atom is -0.368 e. The first-order valence-corrected chi connectivity index (χ1v) is 6.60. The lowest BCUT2D eigenvalue weighted by Gasteiger charge is -2.17. The quantitative estimate of drug-likeness (QED) is 0.891. The minimum atomic E-state index is -0.100. The molecule has 0 saturated carbocycles. The van der Waals surface area contributed by atoms with E-state index in [0.29, 0.717) is 20.9 Å². The maximum atomic E-state index is 6.15. The van der Waals surface area contributed by atoms with E-state index in [1.54, 1.807) is 12.1 Å². The number of benzene rings is 1. The molecule has 2 rings (SSSR count). The Morgan fingerprint density at radius 3 is 2.63 bits per heavy atom. The van der Waals surface area contributed by atoms with Gasteiger partial charge in [-0.25, -0.2) is 4.98 Å². The molecule has 1 atom stereocenters. The van der Waals surface area contributed by atoms with Crippen molar-refractivity contribution < 1.29 is 0 Å². The van der Waals surface area contributed by atoms with Crippen molar-refractivity contribution in [3.8, 4) is 0 Å². The van der Waals surface area contributed by atoms with Crippen LogP contribution in [0.25, 0.3) is 0 Å². The lowest BCUT2D eigenvalue weighted by Crippen LogP contribution is -2.10. The van der Waals surface area contributed by atoms with Crippen LogP contribution in [0, 0.1) is 0 Å². The van der Waals surface area contributed by atoms with Gasteiger partial charge in [0.1, 0.15) is 5.02 Å². The Kier molecular flexibility index (Phi) is 4.34. The fraction of sp³-hybridized carbons (Fsp3) is 0.167. The Labute approximate surface area is 125 Å². The highest BCUT2D eigenvalue weighted by atomic mass is 35.5. The summed E-state index contributed by atoms with van der Waals surface area (Å²) in [7, 11) is 0. The molecule has 4 nitrogen and oxygen atoms in total. The van der Waals surface area contributed by atoms with Crippen molar-refractivity contribution in [1.29, 1.82) is 0 Å². The molecule has 1 aromatic carbocycles. The van der Waals surface area contributed by atoms with Crippen molar-refractivity contribution in [2.75, 3.05) is 11.1 Å². The van der Waals surface area contributed by atoms with Crippen molar-refractivity contribution in [2.24, 2.45) is 0 Å². The maximum Gasteiger partial charge on any atom is 0.222 e. The number of hydrogen-bond donors (Lipinski definition) is 2. The molecule has 0 bridgehead atoms. The maximum absolute atomic E-state index is 6.15. The third kappa shape index (κ3) is 3.41. The van der Waals surface area contributed by atoms with Gasteiger partial charge in [-0.2, -0.15) is 4.98 Å². The van der Waals surface area contributed by atoms with Crippen LogP contribution in [0.4, 0.5) is 11.8 Å². The zero-order valence-corrected chi connectivity index (χ0v) is 12.3. The molecule has 1 aromatic heterocycles. The Bertz CT molecular complexity index is 604. The van der Waals surface area contributed by atoms with Gasteiger partial charge in [0.15, 0.2) is 5.82 Å². The molecule has 1 unspecified atom stereocenters. The Balaban J connectivity index is 2.25. The van der Waals surface area contributed by atoms with Gasteiger partial charge in [-0.15, -0.1) is 0 Å². The lowest BCUT2D eigenvalue weighted by atomic mass is 10.1. The fourth-order valence-electron chi connectivity index (χ4n) is 1.62. The van der Waals surface area contributed by atoms with Crippen molar-refractivity contribution in [3.05, 3.63) is 45.0 Å². The Morgan fingerprint density at radius 2 is 1.95 bits per heavy atom. The lowest BCUT2D eigenvalue weighted by molar-refractivity contribution is 0.873. The summed E-state index contributed by atoms with van der Waals surface area (Å²) in [4.78, 5) is 7.84. The van der Waals surface area contributed by atoms with Gasteiger partial charge in [0.05, 0.1) is 12.2 Å². The number of nitrogens with two attached hydrogens (primary N) is 1. The second-order valence-corrected chi connectivity index (χ2v) is 5.21. The molecular formula is C12H11Cl3N4. The van der Waals surface area contributed by atoms with Crippen LogP contribution in [0.2, 0.25) is 15.1 Å². The average molecular weight is 318 g/mol. The molecule has 0 aliphatic carbocycles. The van der Waals surface area contributed by atoms with Gasteiger partial charge in [-0.3, -0.25) is 0 Å².